The summed E-state index contributed by atoms with van der Waals surface area (Å²) in [6.45, 7) is 6.43. The molecule has 0 spiro atoms. The molecule has 168 valence electrons. The van der Waals surface area contributed by atoms with E-state index in [4.69, 9.17) is 18.6 Å². The third-order valence-electron chi connectivity index (χ3n) is 4.55. The molecule has 32 heavy (non-hydrogen) atoms. The first-order chi connectivity index (χ1) is 15.1. The average molecular weight is 507 g/mol. The van der Waals surface area contributed by atoms with Gasteiger partial charge in [0.25, 0.3) is 0 Å². The molecule has 4 nitrogen and oxygen atoms in total. The third kappa shape index (κ3) is 8.50. The van der Waals surface area contributed by atoms with Gasteiger partial charge in [-0.2, -0.15) is 0 Å². The van der Waals surface area contributed by atoms with Crippen LogP contribution in [0, 0.1) is 31.0 Å². The van der Waals surface area contributed by atoms with Crippen LogP contribution in [0.5, 0.6) is 0 Å². The Hall–Kier alpha value is -1.42. The summed E-state index contributed by atoms with van der Waals surface area (Å²) in [6.07, 6.45) is 0. The number of thioether (sulfide) groups is 2. The van der Waals surface area contributed by atoms with Gasteiger partial charge in [0, 0.05) is 21.9 Å². The number of halogens is 1. The van der Waals surface area contributed by atoms with Crippen molar-refractivity contribution in [1.29, 1.82) is 0 Å². The highest BCUT2D eigenvalue weighted by molar-refractivity contribution is 8.08. The molecule has 0 aromatic heterocycles. The van der Waals surface area contributed by atoms with Gasteiger partial charge in [-0.15, -0.1) is 33.8 Å². The van der Waals surface area contributed by atoms with E-state index in [0.29, 0.717) is 10.5 Å². The van der Waals surface area contributed by atoms with Crippen molar-refractivity contribution in [2.45, 2.75) is 46.0 Å². The van der Waals surface area contributed by atoms with Crippen molar-refractivity contribution >= 4 is 39.7 Å². The number of rotatable bonds is 5. The number of hydrogen-bond donors (Lipinski definition) is 0. The SMILES string of the molecule is Cc1ccc(SC2C(=[S+]c3ccc(C)cc3)C2Sc2ccc(C)cc2)cc1.[O-][Cl+3]([O-])([O-])[O-]. The van der Waals surface area contributed by atoms with E-state index in [2.05, 4.69) is 93.6 Å². The van der Waals surface area contributed by atoms with E-state index in [1.54, 1.807) is 4.86 Å². The Morgan fingerprint density at radius 3 is 1.25 bits per heavy atom. The Kier molecular flexibility index (Phi) is 8.77. The van der Waals surface area contributed by atoms with E-state index in [9.17, 15) is 0 Å². The standard InChI is InChI=1S/C24H23S3.ClHO4/c1-16-4-10-19(11-5-16)25-22-23(26-20-12-6-17(2)7-13-20)24(22)27-21-14-8-18(3)9-15-21;2-1(3,4)5/h4-15,22-23H,1-3H3;(H,2,3,4,5)/q+1;/p-1. The minimum Gasteiger partial charge on any atom is -0.222 e. The van der Waals surface area contributed by atoms with Crippen molar-refractivity contribution in [2.24, 2.45) is 0 Å². The maximum Gasteiger partial charge on any atom is 0.230 e. The highest BCUT2D eigenvalue weighted by Crippen LogP contribution is 2.47. The van der Waals surface area contributed by atoms with Crippen molar-refractivity contribution in [3.8, 4) is 0 Å². The summed E-state index contributed by atoms with van der Waals surface area (Å²) in [7, 11) is -4.94. The van der Waals surface area contributed by atoms with E-state index < -0.39 is 10.2 Å². The van der Waals surface area contributed by atoms with Gasteiger partial charge in [0.15, 0.2) is 0 Å². The lowest BCUT2D eigenvalue weighted by atomic mass is 10.2. The molecule has 1 aliphatic rings. The molecule has 3 aromatic carbocycles. The van der Waals surface area contributed by atoms with Crippen LogP contribution in [-0.4, -0.2) is 15.4 Å². The van der Waals surface area contributed by atoms with Crippen molar-refractivity contribution in [2.75, 3.05) is 0 Å². The normalized spacial score (nSPS) is 17.4. The van der Waals surface area contributed by atoms with E-state index in [0.717, 1.165) is 0 Å². The molecule has 0 amide bonds. The molecule has 8 heteroatoms. The Labute approximate surface area is 203 Å². The van der Waals surface area contributed by atoms with Gasteiger partial charge < -0.3 is 0 Å². The van der Waals surface area contributed by atoms with Gasteiger partial charge in [-0.1, -0.05) is 53.1 Å². The number of hydrogen-bond acceptors (Lipinski definition) is 6. The summed E-state index contributed by atoms with van der Waals surface area (Å²) < 4.78 is 34.0. The van der Waals surface area contributed by atoms with Crippen molar-refractivity contribution in [1.82, 2.24) is 0 Å². The maximum absolute atomic E-state index is 8.49. The van der Waals surface area contributed by atoms with Crippen LogP contribution in [0.25, 0.3) is 0 Å². The predicted molar refractivity (Wildman–Crippen MR) is 123 cm³/mol. The third-order valence-corrected chi connectivity index (χ3v) is 8.92. The minimum atomic E-state index is -4.94. The zero-order chi connectivity index (χ0) is 23.3. The largest absolute Gasteiger partial charge is 0.230 e. The Bertz CT molecular complexity index is 985. The Balaban J connectivity index is 0.000000523. The van der Waals surface area contributed by atoms with Crippen molar-refractivity contribution < 1.29 is 28.9 Å². The van der Waals surface area contributed by atoms with E-state index >= 15 is 0 Å². The number of benzene rings is 3. The van der Waals surface area contributed by atoms with Gasteiger partial charge in [-0.3, -0.25) is 0 Å². The zero-order valence-electron chi connectivity index (χ0n) is 17.8. The van der Waals surface area contributed by atoms with Crippen molar-refractivity contribution in [3.63, 3.8) is 0 Å². The maximum atomic E-state index is 8.49. The molecule has 3 aromatic rings. The smallest absolute Gasteiger partial charge is 0.222 e. The molecule has 0 aliphatic heterocycles. The lowest BCUT2D eigenvalue weighted by Gasteiger charge is -2.17. The van der Waals surface area contributed by atoms with Crippen LogP contribution in [0.4, 0.5) is 0 Å². The molecule has 0 heterocycles. The molecule has 0 N–H and O–H groups in total. The fourth-order valence-corrected chi connectivity index (χ4v) is 7.05. The molecule has 1 aliphatic carbocycles. The van der Waals surface area contributed by atoms with Crippen LogP contribution < -0.4 is 18.6 Å². The van der Waals surface area contributed by atoms with E-state index in [-0.39, 0.29) is 0 Å². The first-order valence-electron chi connectivity index (χ1n) is 9.78. The minimum absolute atomic E-state index is 0.560. The molecule has 0 bridgehead atoms. The molecule has 1 fully saturated rings. The van der Waals surface area contributed by atoms with Gasteiger partial charge in [0.2, 0.25) is 21.1 Å². The first kappa shape index (κ1) is 25.2. The molecule has 0 saturated heterocycles. The quantitative estimate of drug-likeness (QED) is 0.387. The van der Waals surface area contributed by atoms with Crippen LogP contribution >= 0.6 is 23.5 Å². The molecular weight excluding hydrogens is 484 g/mol. The summed E-state index contributed by atoms with van der Waals surface area (Å²) >= 11 is 5.96. The average Bonchev–Trinajstić information content (AvgIpc) is 3.35. The molecular formula is C24H23ClO4S3. The first-order valence-corrected chi connectivity index (χ1v) is 13.6. The summed E-state index contributed by atoms with van der Waals surface area (Å²) in [6, 6.07) is 26.7. The molecule has 0 radical (unpaired) electrons. The monoisotopic (exact) mass is 506 g/mol. The number of aryl methyl sites for hydroxylation is 3. The summed E-state index contributed by atoms with van der Waals surface area (Å²) in [4.78, 5) is 5.64. The van der Waals surface area contributed by atoms with Crippen LogP contribution in [0.1, 0.15) is 16.7 Å². The summed E-state index contributed by atoms with van der Waals surface area (Å²) in [5.41, 5.74) is 3.95. The second-order valence-electron chi connectivity index (χ2n) is 7.40. The fraction of sp³-hybridized carbons (Fsp3) is 0.208. The van der Waals surface area contributed by atoms with E-state index in [1.807, 2.05) is 34.9 Å². The van der Waals surface area contributed by atoms with Crippen LogP contribution in [-0.2, 0) is 11.4 Å². The van der Waals surface area contributed by atoms with Gasteiger partial charge in [-0.25, -0.2) is 18.6 Å². The lowest BCUT2D eigenvalue weighted by molar-refractivity contribution is -2.00. The molecule has 1 saturated carbocycles. The van der Waals surface area contributed by atoms with Crippen LogP contribution in [0.2, 0.25) is 0 Å². The Morgan fingerprint density at radius 2 is 0.906 bits per heavy atom. The summed E-state index contributed by atoms with van der Waals surface area (Å²) in [5, 5.41) is 1.12. The Morgan fingerprint density at radius 1 is 0.594 bits per heavy atom. The van der Waals surface area contributed by atoms with Crippen molar-refractivity contribution in [3.05, 3.63) is 89.5 Å². The molecule has 2 atom stereocenters. The summed E-state index contributed by atoms with van der Waals surface area (Å²) in [5.74, 6) is 0. The van der Waals surface area contributed by atoms with Crippen LogP contribution in [0.15, 0.2) is 87.5 Å². The second kappa shape index (κ2) is 11.1. The molecule has 4 rings (SSSR count). The predicted octanol–water partition coefficient (Wildman–Crippen LogP) is 1.81. The van der Waals surface area contributed by atoms with E-state index in [1.165, 1.54) is 31.4 Å². The fourth-order valence-electron chi connectivity index (χ4n) is 2.82. The second-order valence-corrected chi connectivity index (χ2v) is 11.7. The van der Waals surface area contributed by atoms with Gasteiger partial charge in [0.1, 0.15) is 10.5 Å². The topological polar surface area (TPSA) is 92.2 Å². The van der Waals surface area contributed by atoms with Crippen LogP contribution in [0.3, 0.4) is 0 Å². The van der Waals surface area contributed by atoms with Gasteiger partial charge in [0.05, 0.1) is 0 Å². The lowest BCUT2D eigenvalue weighted by Crippen LogP contribution is -2.68. The van der Waals surface area contributed by atoms with Gasteiger partial charge >= 0.3 is 0 Å². The highest BCUT2D eigenvalue weighted by Gasteiger charge is 2.55. The zero-order valence-corrected chi connectivity index (χ0v) is 21.0. The molecule has 2 unspecified atom stereocenters. The highest BCUT2D eigenvalue weighted by atomic mass is 35.7. The van der Waals surface area contributed by atoms with Gasteiger partial charge in [-0.05, 0) is 45.0 Å².